The summed E-state index contributed by atoms with van der Waals surface area (Å²) < 4.78 is 214. The van der Waals surface area contributed by atoms with Gasteiger partial charge in [0.15, 0.2) is 0 Å². The average molecular weight is 618 g/mol. The fraction of sp³-hybridized carbons (Fsp3) is 0.588. The molecule has 1 rings (SSSR count). The van der Waals surface area contributed by atoms with Crippen molar-refractivity contribution in [2.75, 3.05) is 6.54 Å². The Morgan fingerprint density at radius 2 is 1.08 bits per heavy atom. The van der Waals surface area contributed by atoms with E-state index >= 15 is 0 Å². The van der Waals surface area contributed by atoms with Gasteiger partial charge in [0, 0.05) is 11.6 Å². The molecular formula is C17H9Cl2F16NO. The lowest BCUT2D eigenvalue weighted by atomic mass is 9.89. The third kappa shape index (κ3) is 5.11. The van der Waals surface area contributed by atoms with Crippen LogP contribution in [0.3, 0.4) is 0 Å². The molecule has 0 heterocycles. The summed E-state index contributed by atoms with van der Waals surface area (Å²) in [4.78, 5) is 11.4. The number of alkyl halides is 17. The number of rotatable bonds is 11. The quantitative estimate of drug-likeness (QED) is 0.205. The van der Waals surface area contributed by atoms with E-state index in [0.29, 0.717) is 0 Å². The first-order chi connectivity index (χ1) is 16.1. The molecule has 0 fully saturated rings. The van der Waals surface area contributed by atoms with E-state index in [1.165, 1.54) is 18.2 Å². The van der Waals surface area contributed by atoms with Crippen molar-refractivity contribution >= 4 is 29.1 Å². The van der Waals surface area contributed by atoms with Gasteiger partial charge in [0.05, 0.1) is 0 Å². The summed E-state index contributed by atoms with van der Waals surface area (Å²) in [6, 6.07) is 4.92. The molecule has 0 saturated carbocycles. The highest BCUT2D eigenvalue weighted by atomic mass is 35.5. The Morgan fingerprint density at radius 3 is 1.49 bits per heavy atom. The second-order valence-corrected chi connectivity index (χ2v) is 8.07. The molecule has 0 aliphatic carbocycles. The number of carbonyl (C=O) groups excluding carboxylic acids is 1. The molecule has 1 aromatic carbocycles. The van der Waals surface area contributed by atoms with Crippen molar-refractivity contribution in [1.82, 2.24) is 5.32 Å². The van der Waals surface area contributed by atoms with Gasteiger partial charge in [0.25, 0.3) is 5.91 Å². The molecule has 20 heteroatoms. The Morgan fingerprint density at radius 1 is 0.676 bits per heavy atom. The van der Waals surface area contributed by atoms with E-state index in [0.717, 1.165) is 11.4 Å². The number of benzene rings is 1. The summed E-state index contributed by atoms with van der Waals surface area (Å²) in [5.74, 6) is -60.4. The molecule has 0 saturated heterocycles. The van der Waals surface area contributed by atoms with Gasteiger partial charge in [-0.25, -0.2) is 0 Å². The molecule has 214 valence electrons. The molecule has 0 aliphatic rings. The van der Waals surface area contributed by atoms with Crippen molar-refractivity contribution < 1.29 is 75.0 Å². The van der Waals surface area contributed by atoms with Crippen LogP contribution >= 0.6 is 23.2 Å². The van der Waals surface area contributed by atoms with Gasteiger partial charge in [-0.1, -0.05) is 23.7 Å². The zero-order valence-corrected chi connectivity index (χ0v) is 18.4. The molecule has 0 bridgehead atoms. The van der Waals surface area contributed by atoms with Crippen LogP contribution in [0.2, 0.25) is 5.02 Å². The third-order valence-electron chi connectivity index (χ3n) is 4.60. The maximum Gasteiger partial charge on any atom is 0.393 e. The van der Waals surface area contributed by atoms with E-state index in [9.17, 15) is 75.0 Å². The number of carbonyl (C=O) groups is 1. The molecule has 0 aliphatic heterocycles. The second kappa shape index (κ2) is 9.72. The molecular weight excluding hydrogens is 609 g/mol. The van der Waals surface area contributed by atoms with Crippen LogP contribution in [0.4, 0.5) is 70.2 Å². The topological polar surface area (TPSA) is 29.1 Å². The van der Waals surface area contributed by atoms with Gasteiger partial charge >= 0.3 is 46.8 Å². The van der Waals surface area contributed by atoms with Gasteiger partial charge in [0.1, 0.15) is 0 Å². The summed E-state index contributed by atoms with van der Waals surface area (Å²) in [6.07, 6.45) is -0.535. The highest BCUT2D eigenvalue weighted by molar-refractivity contribution is 6.30. The third-order valence-corrected chi connectivity index (χ3v) is 5.07. The van der Waals surface area contributed by atoms with E-state index in [4.69, 9.17) is 11.6 Å². The van der Waals surface area contributed by atoms with Gasteiger partial charge in [-0.15, -0.1) is 0 Å². The zero-order valence-electron chi connectivity index (χ0n) is 16.9. The Hall–Kier alpha value is -1.85. The van der Waals surface area contributed by atoms with Crippen molar-refractivity contribution in [2.24, 2.45) is 0 Å². The van der Waals surface area contributed by atoms with Gasteiger partial charge in [0.2, 0.25) is 0 Å². The van der Waals surface area contributed by atoms with Crippen LogP contribution < -0.4 is 5.32 Å². The van der Waals surface area contributed by atoms with E-state index in [2.05, 4.69) is 11.6 Å². The van der Waals surface area contributed by atoms with Crippen LogP contribution in [0.1, 0.15) is 5.56 Å². The SMILES string of the molecule is O=C(NCCc1cccc(Cl)c1)C(F)(F)C(F)(F)C(F)(F)C(F)(F)C(F)(F)C(F)(F)C(F)(F)C(F)(F)Cl. The number of nitrogens with one attached hydrogen (secondary N) is 1. The normalized spacial score (nSPS) is 15.1. The summed E-state index contributed by atoms with van der Waals surface area (Å²) in [5.41, 5.74) is 0.110. The van der Waals surface area contributed by atoms with Gasteiger partial charge in [-0.2, -0.15) is 70.2 Å². The van der Waals surface area contributed by atoms with Crippen molar-refractivity contribution in [3.63, 3.8) is 0 Å². The fourth-order valence-corrected chi connectivity index (χ4v) is 2.76. The predicted octanol–water partition coefficient (Wildman–Crippen LogP) is 7.28. The van der Waals surface area contributed by atoms with E-state index < -0.39 is 65.7 Å². The van der Waals surface area contributed by atoms with Crippen LogP contribution in [0.5, 0.6) is 0 Å². The summed E-state index contributed by atoms with van der Waals surface area (Å²) in [6.45, 7) is -1.11. The number of halogens is 18. The zero-order chi connectivity index (χ0) is 29.7. The Balaban J connectivity index is 3.36. The Bertz CT molecular complexity index is 992. The van der Waals surface area contributed by atoms with Gasteiger partial charge < -0.3 is 5.32 Å². The van der Waals surface area contributed by atoms with Crippen molar-refractivity contribution in [1.29, 1.82) is 0 Å². The van der Waals surface area contributed by atoms with Gasteiger partial charge in [-0.05, 0) is 35.7 Å². The lowest BCUT2D eigenvalue weighted by molar-refractivity contribution is -0.446. The minimum Gasteiger partial charge on any atom is -0.350 e. The van der Waals surface area contributed by atoms with Crippen LogP contribution in [-0.4, -0.2) is 59.3 Å². The van der Waals surface area contributed by atoms with E-state index in [1.807, 2.05) is 0 Å². The number of hydrogen-bond donors (Lipinski definition) is 1. The van der Waals surface area contributed by atoms with Crippen molar-refractivity contribution in [3.05, 3.63) is 34.9 Å². The highest BCUT2D eigenvalue weighted by Gasteiger charge is 2.95. The summed E-state index contributed by atoms with van der Waals surface area (Å²) >= 11 is 8.99. The maximum atomic E-state index is 13.8. The molecule has 1 aromatic rings. The molecule has 0 radical (unpaired) electrons. The van der Waals surface area contributed by atoms with Crippen LogP contribution in [0.25, 0.3) is 0 Å². The fourth-order valence-electron chi connectivity index (χ4n) is 2.43. The lowest BCUT2D eigenvalue weighted by Gasteiger charge is -2.42. The standard InChI is InChI=1S/C17H9Cl2F16NO/c18-8-3-1-2-7(6-8)4-5-36-9(37)10(20,21)11(22,23)12(24,25)13(26,27)14(28,29)15(30,31)16(32,33)17(19,34)35/h1-3,6H,4-5H2,(H,36,37). The highest BCUT2D eigenvalue weighted by Crippen LogP contribution is 2.64. The van der Waals surface area contributed by atoms with Crippen LogP contribution in [0.15, 0.2) is 24.3 Å². The van der Waals surface area contributed by atoms with E-state index in [-0.39, 0.29) is 10.6 Å². The van der Waals surface area contributed by atoms with E-state index in [1.54, 1.807) is 0 Å². The first-order valence-electron chi connectivity index (χ1n) is 8.88. The molecule has 0 unspecified atom stereocenters. The van der Waals surface area contributed by atoms with Gasteiger partial charge in [-0.3, -0.25) is 4.79 Å². The first-order valence-corrected chi connectivity index (χ1v) is 9.64. The van der Waals surface area contributed by atoms with Crippen LogP contribution in [-0.2, 0) is 11.2 Å². The monoisotopic (exact) mass is 617 g/mol. The lowest BCUT2D eigenvalue weighted by Crippen LogP contribution is -2.75. The molecule has 0 aromatic heterocycles. The Kier molecular flexibility index (Phi) is 8.71. The molecule has 37 heavy (non-hydrogen) atoms. The number of hydrogen-bond acceptors (Lipinski definition) is 1. The minimum absolute atomic E-state index is 0.0396. The minimum atomic E-state index is -8.62. The smallest absolute Gasteiger partial charge is 0.350 e. The summed E-state index contributed by atoms with van der Waals surface area (Å²) in [5, 5.41) is -5.95. The first kappa shape index (κ1) is 33.2. The maximum absolute atomic E-state index is 13.8. The summed E-state index contributed by atoms with van der Waals surface area (Å²) in [7, 11) is 0. The largest absolute Gasteiger partial charge is 0.393 e. The predicted molar refractivity (Wildman–Crippen MR) is 93.6 cm³/mol. The Labute approximate surface area is 204 Å². The molecule has 0 atom stereocenters. The number of amides is 1. The van der Waals surface area contributed by atoms with Crippen molar-refractivity contribution in [3.8, 4) is 0 Å². The molecule has 2 nitrogen and oxygen atoms in total. The molecule has 0 spiro atoms. The van der Waals surface area contributed by atoms with Crippen molar-refractivity contribution in [2.45, 2.75) is 53.3 Å². The molecule has 1 N–H and O–H groups in total. The molecule has 1 amide bonds. The second-order valence-electron chi connectivity index (χ2n) is 7.15. The van der Waals surface area contributed by atoms with Crippen LogP contribution in [0, 0.1) is 0 Å². The average Bonchev–Trinajstić information content (AvgIpc) is 2.71.